The van der Waals surface area contributed by atoms with Crippen molar-refractivity contribution in [3.05, 3.63) is 90.6 Å². The van der Waals surface area contributed by atoms with E-state index in [4.69, 9.17) is 0 Å². The highest BCUT2D eigenvalue weighted by molar-refractivity contribution is 5.94. The molecule has 0 bridgehead atoms. The Balaban J connectivity index is 1.54. The summed E-state index contributed by atoms with van der Waals surface area (Å²) in [6, 6.07) is 18.5. The Hall–Kier alpha value is -3.73. The molecule has 5 heteroatoms. The molecule has 5 aromatic rings. The standard InChI is InChI=1S/C23H16FN3O/c24-20-12-15(17-9-11-26-21-6-2-1-4-18(17)21)7-8-16(20)13-27-14-22-19(23(27)28)5-3-10-25-22/h1-12,14,28H,13H2. The average molecular weight is 369 g/mol. The van der Waals surface area contributed by atoms with Crippen LogP contribution in [0.15, 0.2) is 79.3 Å². The van der Waals surface area contributed by atoms with Gasteiger partial charge < -0.3 is 9.67 Å². The van der Waals surface area contributed by atoms with Gasteiger partial charge in [0, 0.05) is 29.5 Å². The molecule has 0 aliphatic rings. The van der Waals surface area contributed by atoms with Gasteiger partial charge in [-0.1, -0.05) is 30.3 Å². The highest BCUT2D eigenvalue weighted by Crippen LogP contribution is 2.30. The molecule has 0 aliphatic heterocycles. The number of hydrogen-bond donors (Lipinski definition) is 1. The molecule has 0 saturated carbocycles. The fraction of sp³-hybridized carbons (Fsp3) is 0.0435. The third kappa shape index (κ3) is 2.68. The van der Waals surface area contributed by atoms with Crippen LogP contribution in [-0.4, -0.2) is 19.6 Å². The molecular weight excluding hydrogens is 353 g/mol. The first kappa shape index (κ1) is 16.4. The van der Waals surface area contributed by atoms with Crippen molar-refractivity contribution in [2.45, 2.75) is 6.54 Å². The summed E-state index contributed by atoms with van der Waals surface area (Å²) in [6.45, 7) is 0.228. The lowest BCUT2D eigenvalue weighted by Gasteiger charge is -2.10. The van der Waals surface area contributed by atoms with Crippen molar-refractivity contribution in [1.82, 2.24) is 14.5 Å². The Labute approximate surface area is 160 Å². The number of hydrogen-bond acceptors (Lipinski definition) is 3. The van der Waals surface area contributed by atoms with Crippen LogP contribution in [0.2, 0.25) is 0 Å². The summed E-state index contributed by atoms with van der Waals surface area (Å²) in [4.78, 5) is 8.59. The molecular formula is C23H16FN3O. The normalized spacial score (nSPS) is 11.3. The van der Waals surface area contributed by atoms with Gasteiger partial charge in [0.15, 0.2) is 0 Å². The fourth-order valence-corrected chi connectivity index (χ4v) is 3.57. The van der Waals surface area contributed by atoms with Crippen LogP contribution in [0.1, 0.15) is 5.56 Å². The second-order valence-electron chi connectivity index (χ2n) is 6.70. The van der Waals surface area contributed by atoms with Crippen LogP contribution >= 0.6 is 0 Å². The summed E-state index contributed by atoms with van der Waals surface area (Å²) < 4.78 is 16.5. The third-order valence-corrected chi connectivity index (χ3v) is 4.98. The van der Waals surface area contributed by atoms with Gasteiger partial charge in [0.25, 0.3) is 0 Å². The lowest BCUT2D eigenvalue weighted by Crippen LogP contribution is -2.00. The average Bonchev–Trinajstić information content (AvgIpc) is 3.05. The highest BCUT2D eigenvalue weighted by atomic mass is 19.1. The quantitative estimate of drug-likeness (QED) is 0.479. The zero-order valence-corrected chi connectivity index (χ0v) is 14.9. The van der Waals surface area contributed by atoms with E-state index in [1.165, 1.54) is 6.07 Å². The molecule has 0 fully saturated rings. The van der Waals surface area contributed by atoms with Crippen molar-refractivity contribution < 1.29 is 9.50 Å². The van der Waals surface area contributed by atoms with Crippen LogP contribution < -0.4 is 0 Å². The molecule has 3 aromatic heterocycles. The summed E-state index contributed by atoms with van der Waals surface area (Å²) in [5, 5.41) is 12.0. The number of pyridine rings is 2. The van der Waals surface area contributed by atoms with Crippen LogP contribution in [0.25, 0.3) is 32.9 Å². The third-order valence-electron chi connectivity index (χ3n) is 4.98. The smallest absolute Gasteiger partial charge is 0.201 e. The van der Waals surface area contributed by atoms with E-state index in [0.29, 0.717) is 16.5 Å². The van der Waals surface area contributed by atoms with E-state index in [2.05, 4.69) is 9.97 Å². The maximum atomic E-state index is 14.9. The molecule has 4 nitrogen and oxygen atoms in total. The lowest BCUT2D eigenvalue weighted by atomic mass is 10.00. The van der Waals surface area contributed by atoms with E-state index in [9.17, 15) is 9.50 Å². The van der Waals surface area contributed by atoms with Crippen molar-refractivity contribution in [1.29, 1.82) is 0 Å². The van der Waals surface area contributed by atoms with E-state index >= 15 is 0 Å². The molecule has 0 aliphatic carbocycles. The van der Waals surface area contributed by atoms with Gasteiger partial charge in [-0.25, -0.2) is 4.39 Å². The number of rotatable bonds is 3. The zero-order valence-electron chi connectivity index (χ0n) is 14.9. The van der Waals surface area contributed by atoms with Crippen LogP contribution in [0.5, 0.6) is 5.88 Å². The van der Waals surface area contributed by atoms with Gasteiger partial charge in [-0.15, -0.1) is 0 Å². The van der Waals surface area contributed by atoms with Crippen LogP contribution in [0.4, 0.5) is 4.39 Å². The second-order valence-corrected chi connectivity index (χ2v) is 6.70. The molecule has 0 unspecified atom stereocenters. The molecule has 0 amide bonds. The van der Waals surface area contributed by atoms with Gasteiger partial charge >= 0.3 is 0 Å². The van der Waals surface area contributed by atoms with Crippen LogP contribution in [0.3, 0.4) is 0 Å². The summed E-state index contributed by atoms with van der Waals surface area (Å²) in [5.74, 6) is -0.227. The number of aromatic hydroxyl groups is 1. The minimum absolute atomic E-state index is 0.0895. The van der Waals surface area contributed by atoms with Crippen molar-refractivity contribution in [3.63, 3.8) is 0 Å². The Bertz CT molecular complexity index is 1320. The highest BCUT2D eigenvalue weighted by Gasteiger charge is 2.12. The number of fused-ring (bicyclic) bond motifs is 2. The molecule has 5 rings (SSSR count). The van der Waals surface area contributed by atoms with Crippen molar-refractivity contribution in [3.8, 4) is 17.0 Å². The Morgan fingerprint density at radius 3 is 2.54 bits per heavy atom. The predicted molar refractivity (Wildman–Crippen MR) is 108 cm³/mol. The summed E-state index contributed by atoms with van der Waals surface area (Å²) in [7, 11) is 0. The van der Waals surface area contributed by atoms with E-state index < -0.39 is 0 Å². The maximum Gasteiger partial charge on any atom is 0.201 e. The zero-order chi connectivity index (χ0) is 19.1. The minimum atomic E-state index is -0.316. The monoisotopic (exact) mass is 369 g/mol. The molecule has 2 aromatic carbocycles. The van der Waals surface area contributed by atoms with Crippen molar-refractivity contribution in [2.75, 3.05) is 0 Å². The van der Waals surface area contributed by atoms with Crippen LogP contribution in [0, 0.1) is 5.82 Å². The molecule has 0 saturated heterocycles. The maximum absolute atomic E-state index is 14.9. The molecule has 3 heterocycles. The van der Waals surface area contributed by atoms with Crippen molar-refractivity contribution >= 4 is 21.8 Å². The van der Waals surface area contributed by atoms with Gasteiger partial charge in [0.1, 0.15) is 5.82 Å². The fourth-order valence-electron chi connectivity index (χ4n) is 3.57. The number of halogens is 1. The lowest BCUT2D eigenvalue weighted by molar-refractivity contribution is 0.428. The predicted octanol–water partition coefficient (Wildman–Crippen LogP) is 5.14. The first-order valence-corrected chi connectivity index (χ1v) is 8.96. The second kappa shape index (κ2) is 6.46. The van der Waals surface area contributed by atoms with Gasteiger partial charge in [-0.3, -0.25) is 9.97 Å². The molecule has 1 N–H and O–H groups in total. The summed E-state index contributed by atoms with van der Waals surface area (Å²) in [6.07, 6.45) is 5.13. The van der Waals surface area contributed by atoms with E-state index in [0.717, 1.165) is 22.0 Å². The summed E-state index contributed by atoms with van der Waals surface area (Å²) in [5.41, 5.74) is 3.79. The van der Waals surface area contributed by atoms with Gasteiger partial charge in [0.2, 0.25) is 5.88 Å². The number of benzene rings is 2. The molecule has 0 atom stereocenters. The Morgan fingerprint density at radius 2 is 1.68 bits per heavy atom. The van der Waals surface area contributed by atoms with Gasteiger partial charge in [0.05, 0.1) is 23.0 Å². The molecule has 136 valence electrons. The summed E-state index contributed by atoms with van der Waals surface area (Å²) >= 11 is 0. The Kier molecular flexibility index (Phi) is 3.79. The SMILES string of the molecule is Oc1c2cccnc2cn1Cc1ccc(-c2ccnc3ccccc23)cc1F. The Morgan fingerprint density at radius 1 is 0.857 bits per heavy atom. The largest absolute Gasteiger partial charge is 0.494 e. The molecule has 0 radical (unpaired) electrons. The topological polar surface area (TPSA) is 50.9 Å². The first-order chi connectivity index (χ1) is 13.7. The van der Waals surface area contributed by atoms with E-state index in [1.807, 2.05) is 36.4 Å². The number of para-hydroxylation sites is 1. The number of nitrogens with zero attached hydrogens (tertiary/aromatic N) is 3. The molecule has 0 spiro atoms. The van der Waals surface area contributed by atoms with Crippen molar-refractivity contribution in [2.24, 2.45) is 0 Å². The van der Waals surface area contributed by atoms with E-state index in [-0.39, 0.29) is 18.2 Å². The number of aromatic nitrogens is 3. The molecule has 28 heavy (non-hydrogen) atoms. The minimum Gasteiger partial charge on any atom is -0.494 e. The van der Waals surface area contributed by atoms with Gasteiger partial charge in [-0.2, -0.15) is 0 Å². The van der Waals surface area contributed by atoms with E-state index in [1.54, 1.807) is 41.4 Å². The first-order valence-electron chi connectivity index (χ1n) is 8.96. The van der Waals surface area contributed by atoms with Crippen LogP contribution in [-0.2, 0) is 6.54 Å². The van der Waals surface area contributed by atoms with Gasteiger partial charge in [-0.05, 0) is 41.5 Å².